The Morgan fingerprint density at radius 1 is 1.25 bits per heavy atom. The summed E-state index contributed by atoms with van der Waals surface area (Å²) in [4.78, 5) is 12.0. The number of urea groups is 1. The molecule has 24 heavy (non-hydrogen) atoms. The van der Waals surface area contributed by atoms with Crippen LogP contribution in [0.15, 0.2) is 30.3 Å². The minimum Gasteiger partial charge on any atom is -0.394 e. The average Bonchev–Trinajstić information content (AvgIpc) is 2.54. The number of alkyl halides is 3. The lowest BCUT2D eigenvalue weighted by atomic mass is 9.85. The van der Waals surface area contributed by atoms with E-state index in [4.69, 9.17) is 0 Å². The van der Waals surface area contributed by atoms with E-state index in [0.717, 1.165) is 5.56 Å². The first-order valence-electron chi connectivity index (χ1n) is 8.17. The molecule has 1 aliphatic carbocycles. The highest BCUT2D eigenvalue weighted by Gasteiger charge is 2.42. The van der Waals surface area contributed by atoms with E-state index in [2.05, 4.69) is 10.6 Å². The molecule has 2 amide bonds. The number of carbonyl (C=O) groups is 1. The van der Waals surface area contributed by atoms with Gasteiger partial charge in [-0.15, -0.1) is 0 Å². The van der Waals surface area contributed by atoms with Crippen LogP contribution in [0.2, 0.25) is 0 Å². The SMILES string of the molecule is O=C(N[C@H](CO)Cc1ccccc1)N[C@H]1CCC[C@@H](C(F)(F)F)C1. The Balaban J connectivity index is 1.83. The van der Waals surface area contributed by atoms with E-state index in [-0.39, 0.29) is 19.4 Å². The zero-order chi connectivity index (χ0) is 17.6. The number of halogens is 3. The van der Waals surface area contributed by atoms with Crippen molar-refractivity contribution >= 4 is 6.03 Å². The Morgan fingerprint density at radius 3 is 2.58 bits per heavy atom. The summed E-state index contributed by atoms with van der Waals surface area (Å²) in [6, 6.07) is 7.88. The van der Waals surface area contributed by atoms with E-state index in [9.17, 15) is 23.1 Å². The van der Waals surface area contributed by atoms with E-state index in [0.29, 0.717) is 19.3 Å². The molecule has 0 radical (unpaired) electrons. The molecular weight excluding hydrogens is 321 g/mol. The van der Waals surface area contributed by atoms with Crippen LogP contribution in [0.1, 0.15) is 31.2 Å². The zero-order valence-corrected chi connectivity index (χ0v) is 13.4. The number of hydrogen-bond acceptors (Lipinski definition) is 2. The van der Waals surface area contributed by atoms with E-state index in [1.807, 2.05) is 30.3 Å². The number of rotatable bonds is 5. The molecule has 0 aromatic heterocycles. The molecule has 2 rings (SSSR count). The van der Waals surface area contributed by atoms with E-state index in [1.165, 1.54) is 0 Å². The molecule has 1 saturated carbocycles. The lowest BCUT2D eigenvalue weighted by Crippen LogP contribution is -2.50. The molecule has 0 saturated heterocycles. The molecule has 1 aromatic rings. The molecule has 4 nitrogen and oxygen atoms in total. The largest absolute Gasteiger partial charge is 0.394 e. The molecule has 1 aromatic carbocycles. The van der Waals surface area contributed by atoms with Crippen molar-refractivity contribution in [3.8, 4) is 0 Å². The predicted octanol–water partition coefficient (Wildman–Crippen LogP) is 3.01. The Kier molecular flexibility index (Phi) is 6.48. The number of amides is 2. The lowest BCUT2D eigenvalue weighted by Gasteiger charge is -2.31. The summed E-state index contributed by atoms with van der Waals surface area (Å²) in [5.41, 5.74) is 0.964. The van der Waals surface area contributed by atoms with Gasteiger partial charge in [0.1, 0.15) is 0 Å². The Hall–Kier alpha value is -1.76. The van der Waals surface area contributed by atoms with Gasteiger partial charge in [0.2, 0.25) is 0 Å². The van der Waals surface area contributed by atoms with Crippen LogP contribution in [-0.2, 0) is 6.42 Å². The van der Waals surface area contributed by atoms with Gasteiger partial charge in [0, 0.05) is 6.04 Å². The van der Waals surface area contributed by atoms with Gasteiger partial charge in [-0.2, -0.15) is 13.2 Å². The fourth-order valence-corrected chi connectivity index (χ4v) is 3.09. The number of nitrogens with one attached hydrogen (secondary N) is 2. The Labute approximate surface area is 139 Å². The molecule has 1 fully saturated rings. The topological polar surface area (TPSA) is 61.4 Å². The van der Waals surface area contributed by atoms with Gasteiger partial charge in [-0.25, -0.2) is 4.79 Å². The van der Waals surface area contributed by atoms with Crippen molar-refractivity contribution in [2.45, 2.75) is 50.4 Å². The van der Waals surface area contributed by atoms with Crippen LogP contribution >= 0.6 is 0 Å². The molecule has 0 heterocycles. The van der Waals surface area contributed by atoms with Crippen molar-refractivity contribution in [1.82, 2.24) is 10.6 Å². The number of aliphatic hydroxyl groups excluding tert-OH is 1. The molecule has 0 bridgehead atoms. The number of aliphatic hydroxyl groups is 1. The quantitative estimate of drug-likeness (QED) is 0.769. The summed E-state index contributed by atoms with van der Waals surface area (Å²) in [6.07, 6.45) is -2.72. The molecule has 3 atom stereocenters. The third kappa shape index (κ3) is 5.70. The maximum absolute atomic E-state index is 12.8. The predicted molar refractivity (Wildman–Crippen MR) is 84.5 cm³/mol. The van der Waals surface area contributed by atoms with Gasteiger partial charge in [0.05, 0.1) is 18.6 Å². The molecule has 0 spiro atoms. The second kappa shape index (κ2) is 8.37. The second-order valence-electron chi connectivity index (χ2n) is 6.29. The van der Waals surface area contributed by atoms with Crippen LogP contribution in [0, 0.1) is 5.92 Å². The number of hydrogen-bond donors (Lipinski definition) is 3. The van der Waals surface area contributed by atoms with Crippen LogP contribution in [0.25, 0.3) is 0 Å². The summed E-state index contributed by atoms with van der Waals surface area (Å²) >= 11 is 0. The van der Waals surface area contributed by atoms with Crippen molar-refractivity contribution < 1.29 is 23.1 Å². The van der Waals surface area contributed by atoms with Crippen molar-refractivity contribution in [1.29, 1.82) is 0 Å². The zero-order valence-electron chi connectivity index (χ0n) is 13.4. The number of carbonyl (C=O) groups excluding carboxylic acids is 1. The minimum atomic E-state index is -4.21. The fraction of sp³-hybridized carbons (Fsp3) is 0.588. The third-order valence-electron chi connectivity index (χ3n) is 4.35. The molecule has 0 aliphatic heterocycles. The highest BCUT2D eigenvalue weighted by atomic mass is 19.4. The van der Waals surface area contributed by atoms with Crippen LogP contribution in [0.3, 0.4) is 0 Å². The first-order valence-corrected chi connectivity index (χ1v) is 8.17. The summed E-state index contributed by atoms with van der Waals surface area (Å²) in [5.74, 6) is -1.35. The fourth-order valence-electron chi connectivity index (χ4n) is 3.09. The average molecular weight is 344 g/mol. The van der Waals surface area contributed by atoms with E-state index in [1.54, 1.807) is 0 Å². The van der Waals surface area contributed by atoms with E-state index >= 15 is 0 Å². The van der Waals surface area contributed by atoms with Crippen molar-refractivity contribution in [3.63, 3.8) is 0 Å². The summed E-state index contributed by atoms with van der Waals surface area (Å²) in [5, 5.41) is 14.6. The first-order chi connectivity index (χ1) is 11.4. The van der Waals surface area contributed by atoms with Crippen LogP contribution in [0.5, 0.6) is 0 Å². The van der Waals surface area contributed by atoms with Crippen molar-refractivity contribution in [2.75, 3.05) is 6.61 Å². The molecule has 134 valence electrons. The van der Waals surface area contributed by atoms with Crippen molar-refractivity contribution in [3.05, 3.63) is 35.9 Å². The van der Waals surface area contributed by atoms with Gasteiger partial charge in [-0.3, -0.25) is 0 Å². The van der Waals surface area contributed by atoms with Crippen LogP contribution in [0.4, 0.5) is 18.0 Å². The molecule has 1 aliphatic rings. The lowest BCUT2D eigenvalue weighted by molar-refractivity contribution is -0.183. The minimum absolute atomic E-state index is 0.0839. The van der Waals surface area contributed by atoms with Crippen molar-refractivity contribution in [2.24, 2.45) is 5.92 Å². The summed E-state index contributed by atoms with van der Waals surface area (Å²) < 4.78 is 38.4. The van der Waals surface area contributed by atoms with Gasteiger partial charge >= 0.3 is 12.2 Å². The Bertz CT molecular complexity index is 522. The molecule has 0 unspecified atom stereocenters. The maximum atomic E-state index is 12.8. The normalized spacial score (nSPS) is 22.7. The van der Waals surface area contributed by atoms with Gasteiger partial charge in [-0.1, -0.05) is 36.8 Å². The van der Waals surface area contributed by atoms with Gasteiger partial charge in [0.15, 0.2) is 0 Å². The maximum Gasteiger partial charge on any atom is 0.391 e. The van der Waals surface area contributed by atoms with Gasteiger partial charge in [0.25, 0.3) is 0 Å². The molecule has 3 N–H and O–H groups in total. The Morgan fingerprint density at radius 2 is 1.96 bits per heavy atom. The monoisotopic (exact) mass is 344 g/mol. The highest BCUT2D eigenvalue weighted by molar-refractivity contribution is 5.74. The standard InChI is InChI=1S/C17H23F3N2O2/c18-17(19,20)13-7-4-8-14(10-13)21-16(24)22-15(11-23)9-12-5-2-1-3-6-12/h1-3,5-6,13-15,23H,4,7-11H2,(H2,21,22,24)/t13-,14+,15+/m1/s1. The van der Waals surface area contributed by atoms with Gasteiger partial charge in [-0.05, 0) is 31.2 Å². The summed E-state index contributed by atoms with van der Waals surface area (Å²) in [7, 11) is 0. The number of benzene rings is 1. The summed E-state index contributed by atoms with van der Waals surface area (Å²) in [6.45, 7) is -0.238. The first kappa shape index (κ1) is 18.6. The van der Waals surface area contributed by atoms with Gasteiger partial charge < -0.3 is 15.7 Å². The highest BCUT2D eigenvalue weighted by Crippen LogP contribution is 2.37. The molecular formula is C17H23F3N2O2. The third-order valence-corrected chi connectivity index (χ3v) is 4.35. The van der Waals surface area contributed by atoms with E-state index < -0.39 is 30.2 Å². The smallest absolute Gasteiger partial charge is 0.391 e. The molecule has 7 heteroatoms. The van der Waals surface area contributed by atoms with Crippen LogP contribution < -0.4 is 10.6 Å². The van der Waals surface area contributed by atoms with Crippen LogP contribution in [-0.4, -0.2) is 36.0 Å². The second-order valence-corrected chi connectivity index (χ2v) is 6.29.